The zero-order valence-corrected chi connectivity index (χ0v) is 13.0. The lowest BCUT2D eigenvalue weighted by molar-refractivity contribution is -0.136. The van der Waals surface area contributed by atoms with E-state index in [1.165, 1.54) is 0 Å². The molecule has 21 heavy (non-hydrogen) atoms. The van der Waals surface area contributed by atoms with E-state index < -0.39 is 5.60 Å². The van der Waals surface area contributed by atoms with Gasteiger partial charge < -0.3 is 15.3 Å². The summed E-state index contributed by atoms with van der Waals surface area (Å²) < 4.78 is 0. The van der Waals surface area contributed by atoms with Crippen LogP contribution in [0.4, 0.5) is 0 Å². The molecule has 1 heterocycles. The number of carbonyl (C=O) groups is 1. The summed E-state index contributed by atoms with van der Waals surface area (Å²) in [5.41, 5.74) is -0.0942. The van der Waals surface area contributed by atoms with Gasteiger partial charge in [-0.25, -0.2) is 0 Å². The van der Waals surface area contributed by atoms with E-state index in [4.69, 9.17) is 0 Å². The highest BCUT2D eigenvalue weighted by Gasteiger charge is 2.35. The molecule has 0 spiro atoms. The average molecular weight is 291 g/mol. The van der Waals surface area contributed by atoms with Crippen molar-refractivity contribution in [1.82, 2.24) is 15.1 Å². The largest absolute Gasteiger partial charge is 0.384 e. The number of carbonyl (C=O) groups excluding carboxylic acids is 1. The molecule has 0 radical (unpaired) electrons. The molecule has 0 bridgehead atoms. The minimum Gasteiger partial charge on any atom is -0.384 e. The molecule has 0 aliphatic carbocycles. The van der Waals surface area contributed by atoms with Crippen LogP contribution < -0.4 is 5.32 Å². The number of hydrogen-bond acceptors (Lipinski definition) is 4. The van der Waals surface area contributed by atoms with Gasteiger partial charge in [0, 0.05) is 40.3 Å². The van der Waals surface area contributed by atoms with Gasteiger partial charge in [0.15, 0.2) is 0 Å². The number of likely N-dealkylation sites (N-methyl/N-ethyl adjacent to an activating group) is 1. The van der Waals surface area contributed by atoms with Gasteiger partial charge in [0.25, 0.3) is 0 Å². The smallest absolute Gasteiger partial charge is 0.240 e. The Kier molecular flexibility index (Phi) is 4.98. The molecule has 1 saturated heterocycles. The van der Waals surface area contributed by atoms with E-state index in [9.17, 15) is 9.90 Å². The van der Waals surface area contributed by atoms with Crippen molar-refractivity contribution in [2.45, 2.75) is 18.6 Å². The Balaban J connectivity index is 2.13. The molecule has 2 N–H and O–H groups in total. The van der Waals surface area contributed by atoms with Gasteiger partial charge in [0.2, 0.25) is 5.91 Å². The first-order valence-corrected chi connectivity index (χ1v) is 7.35. The highest BCUT2D eigenvalue weighted by atomic mass is 16.3. The number of aliphatic hydroxyl groups is 1. The number of rotatable bonds is 4. The molecule has 1 amide bonds. The van der Waals surface area contributed by atoms with Crippen LogP contribution in [0.1, 0.15) is 12.5 Å². The second-order valence-corrected chi connectivity index (χ2v) is 6.06. The zero-order chi connectivity index (χ0) is 15.5. The second-order valence-electron chi connectivity index (χ2n) is 6.06. The van der Waals surface area contributed by atoms with E-state index in [2.05, 4.69) is 10.2 Å². The first-order valence-electron chi connectivity index (χ1n) is 7.35. The molecule has 5 heteroatoms. The Morgan fingerprint density at radius 1 is 1.43 bits per heavy atom. The van der Waals surface area contributed by atoms with Crippen LogP contribution in [-0.4, -0.2) is 67.1 Å². The minimum atomic E-state index is -0.969. The van der Waals surface area contributed by atoms with Crippen LogP contribution in [-0.2, 0) is 10.4 Å². The van der Waals surface area contributed by atoms with Crippen molar-refractivity contribution in [3.63, 3.8) is 0 Å². The third kappa shape index (κ3) is 3.81. The molecule has 1 aliphatic heterocycles. The molecular weight excluding hydrogens is 266 g/mol. The number of amides is 1. The fourth-order valence-corrected chi connectivity index (χ4v) is 2.76. The van der Waals surface area contributed by atoms with Crippen LogP contribution in [0.2, 0.25) is 0 Å². The second kappa shape index (κ2) is 6.56. The number of nitrogens with zero attached hydrogens (tertiary/aromatic N) is 2. The van der Waals surface area contributed by atoms with Crippen molar-refractivity contribution in [2.24, 2.45) is 0 Å². The number of nitrogens with one attached hydrogen (secondary N) is 1. The number of benzene rings is 1. The Labute approximate surface area is 126 Å². The Morgan fingerprint density at radius 3 is 2.71 bits per heavy atom. The van der Waals surface area contributed by atoms with Crippen LogP contribution in [0.3, 0.4) is 0 Å². The summed E-state index contributed by atoms with van der Waals surface area (Å²) in [7, 11) is 3.54. The van der Waals surface area contributed by atoms with Gasteiger partial charge in [-0.15, -0.1) is 0 Å². The lowest BCUT2D eigenvalue weighted by Crippen LogP contribution is -2.60. The fraction of sp³-hybridized carbons (Fsp3) is 0.562. The topological polar surface area (TPSA) is 55.8 Å². The molecule has 1 aromatic carbocycles. The van der Waals surface area contributed by atoms with E-state index in [-0.39, 0.29) is 11.9 Å². The highest BCUT2D eigenvalue weighted by Crippen LogP contribution is 2.23. The predicted molar refractivity (Wildman–Crippen MR) is 82.9 cm³/mol. The van der Waals surface area contributed by atoms with Crippen molar-refractivity contribution in [2.75, 3.05) is 40.3 Å². The zero-order valence-electron chi connectivity index (χ0n) is 13.0. The molecule has 2 unspecified atom stereocenters. The SMILES string of the molecule is CN(C)C(=O)C1CNCCN1CC(C)(O)c1ccccc1. The third-order valence-electron chi connectivity index (χ3n) is 3.99. The van der Waals surface area contributed by atoms with E-state index in [1.54, 1.807) is 19.0 Å². The highest BCUT2D eigenvalue weighted by molar-refractivity contribution is 5.81. The third-order valence-corrected chi connectivity index (χ3v) is 3.99. The molecule has 0 saturated carbocycles. The molecule has 2 atom stereocenters. The summed E-state index contributed by atoms with van der Waals surface area (Å²) in [4.78, 5) is 16.0. The van der Waals surface area contributed by atoms with E-state index in [1.807, 2.05) is 37.3 Å². The van der Waals surface area contributed by atoms with Gasteiger partial charge in [0.05, 0.1) is 5.60 Å². The number of piperazine rings is 1. The van der Waals surface area contributed by atoms with Gasteiger partial charge in [-0.3, -0.25) is 9.69 Å². The monoisotopic (exact) mass is 291 g/mol. The summed E-state index contributed by atoms with van der Waals surface area (Å²) in [6.07, 6.45) is 0. The normalized spacial score (nSPS) is 22.6. The summed E-state index contributed by atoms with van der Waals surface area (Å²) in [6.45, 7) is 4.47. The first kappa shape index (κ1) is 15.9. The van der Waals surface area contributed by atoms with E-state index in [0.717, 1.165) is 18.7 Å². The van der Waals surface area contributed by atoms with Crippen molar-refractivity contribution in [3.8, 4) is 0 Å². The summed E-state index contributed by atoms with van der Waals surface area (Å²) in [6, 6.07) is 9.40. The van der Waals surface area contributed by atoms with Crippen LogP contribution in [0.5, 0.6) is 0 Å². The minimum absolute atomic E-state index is 0.0751. The molecular formula is C16H25N3O2. The average Bonchev–Trinajstić information content (AvgIpc) is 2.47. The van der Waals surface area contributed by atoms with Crippen LogP contribution in [0.25, 0.3) is 0 Å². The number of β-amino-alcohol motifs (C(OH)–C–C–N with tert-alkyl or cyclic N) is 1. The molecule has 0 aromatic heterocycles. The Morgan fingerprint density at radius 2 is 2.10 bits per heavy atom. The van der Waals surface area contributed by atoms with Gasteiger partial charge >= 0.3 is 0 Å². The lowest BCUT2D eigenvalue weighted by atomic mass is 9.94. The van der Waals surface area contributed by atoms with Crippen molar-refractivity contribution in [1.29, 1.82) is 0 Å². The molecule has 1 aliphatic rings. The number of hydrogen-bond donors (Lipinski definition) is 2. The fourth-order valence-electron chi connectivity index (χ4n) is 2.76. The molecule has 1 aromatic rings. The lowest BCUT2D eigenvalue weighted by Gasteiger charge is -2.40. The van der Waals surface area contributed by atoms with Crippen LogP contribution >= 0.6 is 0 Å². The van der Waals surface area contributed by atoms with Gasteiger partial charge in [0.1, 0.15) is 6.04 Å². The Bertz CT molecular complexity index is 474. The van der Waals surface area contributed by atoms with Crippen molar-refractivity contribution in [3.05, 3.63) is 35.9 Å². The molecule has 2 rings (SSSR count). The standard InChI is InChI=1S/C16H25N3O2/c1-16(21,13-7-5-4-6-8-13)12-19-10-9-17-11-14(19)15(20)18(2)3/h4-8,14,17,21H,9-12H2,1-3H3. The van der Waals surface area contributed by atoms with Crippen LogP contribution in [0.15, 0.2) is 30.3 Å². The summed E-state index contributed by atoms with van der Waals surface area (Å²) in [5, 5.41) is 14.0. The Hall–Kier alpha value is -1.43. The predicted octanol–water partition coefficient (Wildman–Crippen LogP) is 0.256. The quantitative estimate of drug-likeness (QED) is 0.835. The first-order chi connectivity index (χ1) is 9.92. The molecule has 116 valence electrons. The summed E-state index contributed by atoms with van der Waals surface area (Å²) in [5.74, 6) is 0.0751. The maximum Gasteiger partial charge on any atom is 0.240 e. The molecule has 1 fully saturated rings. The van der Waals surface area contributed by atoms with Gasteiger partial charge in [-0.1, -0.05) is 30.3 Å². The molecule has 5 nitrogen and oxygen atoms in total. The van der Waals surface area contributed by atoms with Gasteiger partial charge in [-0.2, -0.15) is 0 Å². The van der Waals surface area contributed by atoms with Crippen molar-refractivity contribution >= 4 is 5.91 Å². The van der Waals surface area contributed by atoms with Crippen LogP contribution in [0, 0.1) is 0 Å². The maximum atomic E-state index is 12.3. The van der Waals surface area contributed by atoms with Crippen molar-refractivity contribution < 1.29 is 9.90 Å². The van der Waals surface area contributed by atoms with E-state index >= 15 is 0 Å². The van der Waals surface area contributed by atoms with E-state index in [0.29, 0.717) is 13.1 Å². The van der Waals surface area contributed by atoms with Gasteiger partial charge in [-0.05, 0) is 12.5 Å². The summed E-state index contributed by atoms with van der Waals surface area (Å²) >= 11 is 0. The maximum absolute atomic E-state index is 12.3.